The Kier molecular flexibility index (Phi) is 3.96. The van der Waals surface area contributed by atoms with Gasteiger partial charge in [0.2, 0.25) is 0 Å². The Bertz CT molecular complexity index is 167. The minimum Gasteiger partial charge on any atom is -0.301 e. The van der Waals surface area contributed by atoms with Crippen LogP contribution in [0.15, 0.2) is 0 Å². The number of hydrogen-bond acceptors (Lipinski definition) is 2. The fraction of sp³-hybridized carbons (Fsp3) is 1.00. The first-order valence-electron chi connectivity index (χ1n) is 5.96. The van der Waals surface area contributed by atoms with Gasteiger partial charge in [-0.2, -0.15) is 0 Å². The van der Waals surface area contributed by atoms with E-state index in [4.69, 9.17) is 0 Å². The summed E-state index contributed by atoms with van der Waals surface area (Å²) in [6.07, 6.45) is 0. The van der Waals surface area contributed by atoms with Crippen molar-refractivity contribution in [3.05, 3.63) is 0 Å². The van der Waals surface area contributed by atoms with E-state index in [1.54, 1.807) is 0 Å². The van der Waals surface area contributed by atoms with Crippen LogP contribution in [-0.2, 0) is 0 Å². The molecule has 2 nitrogen and oxygen atoms in total. The molecule has 1 saturated heterocycles. The Labute approximate surface area is 89.3 Å². The highest BCUT2D eigenvalue weighted by Gasteiger charge is 2.31. The first kappa shape index (κ1) is 12.0. The van der Waals surface area contributed by atoms with Crippen molar-refractivity contribution >= 4 is 0 Å². The van der Waals surface area contributed by atoms with E-state index in [2.05, 4.69) is 44.4 Å². The molecular weight excluding hydrogens is 172 g/mol. The van der Waals surface area contributed by atoms with Crippen LogP contribution in [0.3, 0.4) is 0 Å². The Morgan fingerprint density at radius 3 is 1.93 bits per heavy atom. The van der Waals surface area contributed by atoms with Crippen LogP contribution in [0.2, 0.25) is 0 Å². The zero-order chi connectivity index (χ0) is 10.8. The maximum Gasteiger partial charge on any atom is 0.0177 e. The van der Waals surface area contributed by atoms with Crippen molar-refractivity contribution in [3.63, 3.8) is 0 Å². The second-order valence-corrected chi connectivity index (χ2v) is 5.23. The van der Waals surface area contributed by atoms with Crippen LogP contribution in [0.25, 0.3) is 0 Å². The van der Waals surface area contributed by atoms with Gasteiger partial charge in [-0.1, -0.05) is 20.8 Å². The van der Waals surface area contributed by atoms with Gasteiger partial charge in [0.25, 0.3) is 0 Å². The van der Waals surface area contributed by atoms with Gasteiger partial charge in [-0.3, -0.25) is 4.90 Å². The van der Waals surface area contributed by atoms with Crippen molar-refractivity contribution in [2.45, 2.75) is 40.2 Å². The average molecular weight is 198 g/mol. The molecule has 0 aromatic carbocycles. The topological polar surface area (TPSA) is 6.48 Å². The minimum absolute atomic E-state index is 0.361. The summed E-state index contributed by atoms with van der Waals surface area (Å²) in [6.45, 7) is 17.8. The van der Waals surface area contributed by atoms with E-state index in [1.807, 2.05) is 0 Å². The molecule has 84 valence electrons. The molecule has 1 fully saturated rings. The molecule has 0 aromatic heterocycles. The van der Waals surface area contributed by atoms with Gasteiger partial charge >= 0.3 is 0 Å². The summed E-state index contributed by atoms with van der Waals surface area (Å²) in [5.74, 6) is 0.732. The van der Waals surface area contributed by atoms with Crippen molar-refractivity contribution in [1.29, 1.82) is 0 Å². The zero-order valence-corrected chi connectivity index (χ0v) is 10.5. The molecule has 2 heteroatoms. The van der Waals surface area contributed by atoms with Gasteiger partial charge in [0.05, 0.1) is 0 Å². The van der Waals surface area contributed by atoms with Crippen LogP contribution in [0.4, 0.5) is 0 Å². The zero-order valence-electron chi connectivity index (χ0n) is 10.5. The number of piperazine rings is 1. The third-order valence-electron chi connectivity index (χ3n) is 4.05. The fourth-order valence-corrected chi connectivity index (χ4v) is 2.01. The second kappa shape index (κ2) is 4.63. The Hall–Kier alpha value is -0.0800. The van der Waals surface area contributed by atoms with Gasteiger partial charge in [-0.15, -0.1) is 0 Å². The van der Waals surface area contributed by atoms with Crippen LogP contribution < -0.4 is 0 Å². The Morgan fingerprint density at radius 2 is 1.57 bits per heavy atom. The summed E-state index contributed by atoms with van der Waals surface area (Å²) in [5.41, 5.74) is 0.361. The normalized spacial score (nSPS) is 21.9. The molecular formula is C12H26N2. The summed E-state index contributed by atoms with van der Waals surface area (Å²) < 4.78 is 0. The van der Waals surface area contributed by atoms with Crippen molar-refractivity contribution in [2.24, 2.45) is 5.92 Å². The first-order chi connectivity index (χ1) is 6.48. The number of likely N-dealkylation sites (N-methyl/N-ethyl adjacent to an activating group) is 1. The molecule has 0 spiro atoms. The fourth-order valence-electron chi connectivity index (χ4n) is 2.01. The highest BCUT2D eigenvalue weighted by atomic mass is 15.3. The molecule has 0 radical (unpaired) electrons. The molecule has 0 N–H and O–H groups in total. The highest BCUT2D eigenvalue weighted by molar-refractivity contribution is 4.87. The van der Waals surface area contributed by atoms with Crippen LogP contribution in [0.1, 0.15) is 34.6 Å². The van der Waals surface area contributed by atoms with E-state index in [1.165, 1.54) is 32.7 Å². The molecule has 1 aliphatic heterocycles. The Morgan fingerprint density at radius 1 is 1.07 bits per heavy atom. The largest absolute Gasteiger partial charge is 0.301 e. The van der Waals surface area contributed by atoms with Gasteiger partial charge in [0.1, 0.15) is 0 Å². The summed E-state index contributed by atoms with van der Waals surface area (Å²) in [5, 5.41) is 0. The summed E-state index contributed by atoms with van der Waals surface area (Å²) in [7, 11) is 0. The third-order valence-corrected chi connectivity index (χ3v) is 4.05. The van der Waals surface area contributed by atoms with E-state index in [0.29, 0.717) is 5.54 Å². The SMILES string of the molecule is CCN1CCN(C(C)(C)C(C)C)CC1. The molecule has 1 rings (SSSR count). The minimum atomic E-state index is 0.361. The summed E-state index contributed by atoms with van der Waals surface area (Å²) in [4.78, 5) is 5.18. The quantitative estimate of drug-likeness (QED) is 0.685. The summed E-state index contributed by atoms with van der Waals surface area (Å²) in [6, 6.07) is 0. The molecule has 14 heavy (non-hydrogen) atoms. The monoisotopic (exact) mass is 198 g/mol. The molecule has 0 amide bonds. The van der Waals surface area contributed by atoms with Crippen LogP contribution in [0.5, 0.6) is 0 Å². The van der Waals surface area contributed by atoms with Crippen molar-refractivity contribution in [2.75, 3.05) is 32.7 Å². The van der Waals surface area contributed by atoms with E-state index in [9.17, 15) is 0 Å². The van der Waals surface area contributed by atoms with Gasteiger partial charge < -0.3 is 4.90 Å². The predicted molar refractivity (Wildman–Crippen MR) is 62.6 cm³/mol. The molecule has 1 aliphatic rings. The molecule has 0 unspecified atom stereocenters. The summed E-state index contributed by atoms with van der Waals surface area (Å²) >= 11 is 0. The lowest BCUT2D eigenvalue weighted by atomic mass is 9.88. The lowest BCUT2D eigenvalue weighted by Gasteiger charge is -2.46. The van der Waals surface area contributed by atoms with Crippen LogP contribution in [0, 0.1) is 5.92 Å². The van der Waals surface area contributed by atoms with Crippen molar-refractivity contribution < 1.29 is 0 Å². The lowest BCUT2D eigenvalue weighted by Crippen LogP contribution is -2.56. The van der Waals surface area contributed by atoms with Crippen molar-refractivity contribution in [1.82, 2.24) is 9.80 Å². The highest BCUT2D eigenvalue weighted by Crippen LogP contribution is 2.24. The van der Waals surface area contributed by atoms with E-state index < -0.39 is 0 Å². The van der Waals surface area contributed by atoms with E-state index in [0.717, 1.165) is 5.92 Å². The predicted octanol–water partition coefficient (Wildman–Crippen LogP) is 2.06. The maximum absolute atomic E-state index is 2.64. The molecule has 0 atom stereocenters. The smallest absolute Gasteiger partial charge is 0.0177 e. The van der Waals surface area contributed by atoms with Gasteiger partial charge in [0.15, 0.2) is 0 Å². The molecule has 0 bridgehead atoms. The van der Waals surface area contributed by atoms with Gasteiger partial charge in [-0.25, -0.2) is 0 Å². The maximum atomic E-state index is 2.64. The third kappa shape index (κ3) is 2.48. The van der Waals surface area contributed by atoms with E-state index >= 15 is 0 Å². The molecule has 0 saturated carbocycles. The van der Waals surface area contributed by atoms with Crippen molar-refractivity contribution in [3.8, 4) is 0 Å². The van der Waals surface area contributed by atoms with Crippen LogP contribution >= 0.6 is 0 Å². The standard InChI is InChI=1S/C12H26N2/c1-6-13-7-9-14(10-8-13)12(4,5)11(2)3/h11H,6-10H2,1-5H3. The number of nitrogens with zero attached hydrogens (tertiary/aromatic N) is 2. The number of hydrogen-bond donors (Lipinski definition) is 0. The van der Waals surface area contributed by atoms with E-state index in [-0.39, 0.29) is 0 Å². The average Bonchev–Trinajstić information content (AvgIpc) is 2.17. The molecule has 0 aromatic rings. The molecule has 1 heterocycles. The number of rotatable bonds is 3. The van der Waals surface area contributed by atoms with Crippen LogP contribution in [-0.4, -0.2) is 48.1 Å². The first-order valence-corrected chi connectivity index (χ1v) is 5.96. The Balaban J connectivity index is 2.48. The van der Waals surface area contributed by atoms with Gasteiger partial charge in [0, 0.05) is 31.7 Å². The second-order valence-electron chi connectivity index (χ2n) is 5.23. The van der Waals surface area contributed by atoms with Gasteiger partial charge in [-0.05, 0) is 26.3 Å². The lowest BCUT2D eigenvalue weighted by molar-refractivity contribution is 0.0271. The molecule has 0 aliphatic carbocycles.